The lowest BCUT2D eigenvalue weighted by molar-refractivity contribution is -0.148. The van der Waals surface area contributed by atoms with Crippen molar-refractivity contribution < 1.29 is 19.4 Å². The van der Waals surface area contributed by atoms with E-state index in [1.807, 2.05) is 48.5 Å². The molecule has 1 amide bonds. The van der Waals surface area contributed by atoms with Crippen molar-refractivity contribution in [3.05, 3.63) is 70.8 Å². The maximum absolute atomic E-state index is 12.7. The molecule has 0 saturated heterocycles. The van der Waals surface area contributed by atoms with Gasteiger partial charge in [0.15, 0.2) is 0 Å². The summed E-state index contributed by atoms with van der Waals surface area (Å²) in [5, 5.41) is 13.1. The second-order valence-corrected chi connectivity index (χ2v) is 10.6. The van der Waals surface area contributed by atoms with Crippen molar-refractivity contribution >= 4 is 12.1 Å². The Kier molecular flexibility index (Phi) is 8.70. The predicted octanol–water partition coefficient (Wildman–Crippen LogP) is 6.31. The third-order valence-corrected chi connectivity index (χ3v) is 5.80. The fraction of sp³-hybridized carbons (Fsp3) is 0.500. The first-order valence-corrected chi connectivity index (χ1v) is 11.7. The molecule has 2 rings (SSSR count). The van der Waals surface area contributed by atoms with E-state index in [-0.39, 0.29) is 6.54 Å². The van der Waals surface area contributed by atoms with Crippen molar-refractivity contribution in [2.45, 2.75) is 78.7 Å². The van der Waals surface area contributed by atoms with Gasteiger partial charge in [0, 0.05) is 6.54 Å². The first-order chi connectivity index (χ1) is 15.3. The van der Waals surface area contributed by atoms with Crippen LogP contribution in [0.4, 0.5) is 4.79 Å². The van der Waals surface area contributed by atoms with Gasteiger partial charge >= 0.3 is 12.1 Å². The zero-order valence-corrected chi connectivity index (χ0v) is 21.1. The number of hydrogen-bond donors (Lipinski definition) is 2. The number of rotatable bonds is 9. The van der Waals surface area contributed by atoms with E-state index in [0.29, 0.717) is 24.7 Å². The number of carbonyl (C=O) groups is 2. The number of carboxylic acid groups (broad SMARTS) is 1. The highest BCUT2D eigenvalue weighted by Crippen LogP contribution is 2.30. The first kappa shape index (κ1) is 26.4. The zero-order valence-electron chi connectivity index (χ0n) is 21.1. The predicted molar refractivity (Wildman–Crippen MR) is 133 cm³/mol. The molecule has 0 heterocycles. The lowest BCUT2D eigenvalue weighted by Gasteiger charge is -2.31. The number of benzene rings is 2. The molecule has 2 aromatic carbocycles. The molecule has 5 nitrogen and oxygen atoms in total. The normalized spacial score (nSPS) is 12.2. The highest BCUT2D eigenvalue weighted by Gasteiger charge is 2.40. The van der Waals surface area contributed by atoms with Crippen LogP contribution in [0.1, 0.15) is 82.6 Å². The van der Waals surface area contributed by atoms with E-state index in [4.69, 9.17) is 4.74 Å². The molecule has 33 heavy (non-hydrogen) atoms. The molecule has 0 radical (unpaired) electrons. The van der Waals surface area contributed by atoms with Crippen LogP contribution in [-0.4, -0.2) is 29.3 Å². The minimum absolute atomic E-state index is 0.0326. The van der Waals surface area contributed by atoms with Crippen LogP contribution in [0.25, 0.3) is 0 Å². The van der Waals surface area contributed by atoms with E-state index in [1.165, 1.54) is 11.1 Å². The van der Waals surface area contributed by atoms with E-state index in [1.54, 1.807) is 20.8 Å². The van der Waals surface area contributed by atoms with Crippen LogP contribution < -0.4 is 5.32 Å². The van der Waals surface area contributed by atoms with E-state index in [2.05, 4.69) is 33.0 Å². The van der Waals surface area contributed by atoms with E-state index in [9.17, 15) is 14.7 Å². The average Bonchev–Trinajstić information content (AvgIpc) is 2.71. The molecule has 0 spiro atoms. The van der Waals surface area contributed by atoms with Crippen molar-refractivity contribution in [1.82, 2.24) is 5.32 Å². The van der Waals surface area contributed by atoms with Crippen molar-refractivity contribution in [3.63, 3.8) is 0 Å². The van der Waals surface area contributed by atoms with Crippen LogP contribution >= 0.6 is 0 Å². The highest BCUT2D eigenvalue weighted by molar-refractivity contribution is 5.77. The van der Waals surface area contributed by atoms with Gasteiger partial charge in [-0.3, -0.25) is 4.79 Å². The Hall–Kier alpha value is -2.82. The summed E-state index contributed by atoms with van der Waals surface area (Å²) in [5.74, 6) is -0.146. The van der Waals surface area contributed by atoms with E-state index < -0.39 is 23.1 Å². The Morgan fingerprint density at radius 1 is 0.818 bits per heavy atom. The smallest absolute Gasteiger partial charge is 0.407 e. The standard InChI is InChI=1S/C28H39NO4/c1-19(2)23-12-8-21(9-13-23)16-28(25(30)31,18-29-26(32)33-27(5,6)7)17-22-10-14-24(15-11-22)20(3)4/h8-15,19-20H,16-18H2,1-7H3,(H,29,32)(H,30,31). The Morgan fingerprint density at radius 3 is 1.52 bits per heavy atom. The lowest BCUT2D eigenvalue weighted by Crippen LogP contribution is -2.47. The van der Waals surface area contributed by atoms with Gasteiger partial charge in [-0.25, -0.2) is 4.79 Å². The van der Waals surface area contributed by atoms with Crippen LogP contribution in [-0.2, 0) is 22.4 Å². The van der Waals surface area contributed by atoms with Gasteiger partial charge in [-0.2, -0.15) is 0 Å². The van der Waals surface area contributed by atoms with Crippen LogP contribution in [0.15, 0.2) is 48.5 Å². The van der Waals surface area contributed by atoms with Crippen LogP contribution in [0.3, 0.4) is 0 Å². The second-order valence-electron chi connectivity index (χ2n) is 10.6. The molecule has 0 aromatic heterocycles. The number of aliphatic carboxylic acids is 1. The Balaban J connectivity index is 2.35. The fourth-order valence-electron chi connectivity index (χ4n) is 3.79. The molecule has 180 valence electrons. The van der Waals surface area contributed by atoms with Gasteiger partial charge < -0.3 is 15.2 Å². The molecule has 2 N–H and O–H groups in total. The quantitative estimate of drug-likeness (QED) is 0.466. The fourth-order valence-corrected chi connectivity index (χ4v) is 3.79. The van der Waals surface area contributed by atoms with Gasteiger partial charge in [0.2, 0.25) is 0 Å². The summed E-state index contributed by atoms with van der Waals surface area (Å²) in [6.45, 7) is 13.8. The third kappa shape index (κ3) is 7.92. The molecule has 0 fully saturated rings. The van der Waals surface area contributed by atoms with E-state index >= 15 is 0 Å². The number of carboxylic acids is 1. The maximum Gasteiger partial charge on any atom is 0.407 e. The molecule has 5 heteroatoms. The van der Waals surface area contributed by atoms with Gasteiger partial charge in [-0.05, 0) is 67.7 Å². The Bertz CT molecular complexity index is 868. The molecule has 0 atom stereocenters. The monoisotopic (exact) mass is 453 g/mol. The summed E-state index contributed by atoms with van der Waals surface area (Å²) in [6, 6.07) is 16.1. The number of nitrogens with one attached hydrogen (secondary N) is 1. The lowest BCUT2D eigenvalue weighted by atomic mass is 9.76. The van der Waals surface area contributed by atoms with Crippen molar-refractivity contribution in [3.8, 4) is 0 Å². The number of alkyl carbamates (subject to hydrolysis) is 1. The minimum Gasteiger partial charge on any atom is -0.481 e. The summed E-state index contributed by atoms with van der Waals surface area (Å²) in [4.78, 5) is 25.0. The number of ether oxygens (including phenoxy) is 1. The highest BCUT2D eigenvalue weighted by atomic mass is 16.6. The van der Waals surface area contributed by atoms with Gasteiger partial charge in [-0.15, -0.1) is 0 Å². The summed E-state index contributed by atoms with van der Waals surface area (Å²) < 4.78 is 5.35. The topological polar surface area (TPSA) is 75.6 Å². The Morgan fingerprint density at radius 2 is 1.21 bits per heavy atom. The molecule has 2 aromatic rings. The second kappa shape index (κ2) is 10.9. The summed E-state index contributed by atoms with van der Waals surface area (Å²) in [7, 11) is 0. The maximum atomic E-state index is 12.7. The molecule has 0 saturated carbocycles. The molecule has 0 unspecified atom stereocenters. The van der Waals surface area contributed by atoms with Crippen LogP contribution in [0.5, 0.6) is 0 Å². The molecular formula is C28H39NO4. The minimum atomic E-state index is -1.21. The Labute approximate surface area is 198 Å². The molecule has 0 aliphatic heterocycles. The van der Waals surface area contributed by atoms with Gasteiger partial charge in [-0.1, -0.05) is 76.2 Å². The number of amides is 1. The zero-order chi connectivity index (χ0) is 24.8. The number of carbonyl (C=O) groups excluding carboxylic acids is 1. The van der Waals surface area contributed by atoms with Crippen LogP contribution in [0, 0.1) is 5.41 Å². The largest absolute Gasteiger partial charge is 0.481 e. The summed E-state index contributed by atoms with van der Waals surface area (Å²) in [6.07, 6.45) is -0.0244. The third-order valence-electron chi connectivity index (χ3n) is 5.80. The van der Waals surface area contributed by atoms with Crippen molar-refractivity contribution in [2.75, 3.05) is 6.54 Å². The number of hydrogen-bond acceptors (Lipinski definition) is 3. The van der Waals surface area contributed by atoms with Crippen LogP contribution in [0.2, 0.25) is 0 Å². The average molecular weight is 454 g/mol. The van der Waals surface area contributed by atoms with Crippen molar-refractivity contribution in [1.29, 1.82) is 0 Å². The SMILES string of the molecule is CC(C)c1ccc(CC(CNC(=O)OC(C)(C)C)(Cc2ccc(C(C)C)cc2)C(=O)O)cc1. The van der Waals surface area contributed by atoms with E-state index in [0.717, 1.165) is 11.1 Å². The molecule has 0 bridgehead atoms. The molecular weight excluding hydrogens is 414 g/mol. The van der Waals surface area contributed by atoms with Gasteiger partial charge in [0.1, 0.15) is 5.60 Å². The van der Waals surface area contributed by atoms with Crippen molar-refractivity contribution in [2.24, 2.45) is 5.41 Å². The van der Waals surface area contributed by atoms with Gasteiger partial charge in [0.25, 0.3) is 0 Å². The first-order valence-electron chi connectivity index (χ1n) is 11.7. The molecule has 0 aliphatic carbocycles. The summed E-state index contributed by atoms with van der Waals surface area (Å²) >= 11 is 0. The van der Waals surface area contributed by atoms with Gasteiger partial charge in [0.05, 0.1) is 5.41 Å². The molecule has 0 aliphatic rings. The summed E-state index contributed by atoms with van der Waals surface area (Å²) in [5.41, 5.74) is 2.38.